The number of ether oxygens (including phenoxy) is 2. The smallest absolute Gasteiger partial charge is 0.338 e. The predicted octanol–water partition coefficient (Wildman–Crippen LogP) is 0.456. The van der Waals surface area contributed by atoms with Crippen molar-refractivity contribution in [3.63, 3.8) is 0 Å². The van der Waals surface area contributed by atoms with Gasteiger partial charge >= 0.3 is 5.97 Å². The number of halogens is 2. The lowest BCUT2D eigenvalue weighted by Crippen LogP contribution is -2.47. The van der Waals surface area contributed by atoms with Crippen molar-refractivity contribution in [2.24, 2.45) is 0 Å². The van der Waals surface area contributed by atoms with E-state index in [1.807, 2.05) is 0 Å². The standard InChI is InChI=1S/C19H15F2N5O5/c1-2-18(29)15(20)19(21,9-30-14(28)10-6-4-3-5-7-10)31-16(18)26-12-11(8-23-26)13(27)25-17(22)24-12/h1,3-8,15-16,29H,9H2,(H3,22,24,25,27)/t15-,16+,18+,19+/m0/s1. The molecular weight excluding hydrogens is 416 g/mol. The van der Waals surface area contributed by atoms with Crippen LogP contribution in [0.2, 0.25) is 0 Å². The number of aliphatic hydroxyl groups is 1. The maximum Gasteiger partial charge on any atom is 0.338 e. The predicted molar refractivity (Wildman–Crippen MR) is 102 cm³/mol. The second-order valence-corrected chi connectivity index (χ2v) is 6.81. The molecular formula is C19H15F2N5O5. The van der Waals surface area contributed by atoms with Gasteiger partial charge in [0.15, 0.2) is 18.5 Å². The fraction of sp³-hybridized carbons (Fsp3) is 0.263. The van der Waals surface area contributed by atoms with Gasteiger partial charge in [-0.1, -0.05) is 24.1 Å². The highest BCUT2D eigenvalue weighted by Crippen LogP contribution is 2.47. The highest BCUT2D eigenvalue weighted by molar-refractivity contribution is 5.89. The highest BCUT2D eigenvalue weighted by Gasteiger charge is 2.67. The van der Waals surface area contributed by atoms with E-state index in [1.54, 1.807) is 24.1 Å². The van der Waals surface area contributed by atoms with Crippen molar-refractivity contribution >= 4 is 23.0 Å². The van der Waals surface area contributed by atoms with Crippen LogP contribution in [0.3, 0.4) is 0 Å². The maximum absolute atomic E-state index is 15.4. The van der Waals surface area contributed by atoms with Gasteiger partial charge in [-0.05, 0) is 12.1 Å². The van der Waals surface area contributed by atoms with Crippen LogP contribution >= 0.6 is 0 Å². The van der Waals surface area contributed by atoms with Gasteiger partial charge in [0.25, 0.3) is 11.4 Å². The quantitative estimate of drug-likeness (QED) is 0.399. The second kappa shape index (κ2) is 7.15. The van der Waals surface area contributed by atoms with Crippen molar-refractivity contribution in [2.45, 2.75) is 23.9 Å². The monoisotopic (exact) mass is 431 g/mol. The van der Waals surface area contributed by atoms with Gasteiger partial charge in [-0.2, -0.15) is 10.1 Å². The third kappa shape index (κ3) is 3.20. The number of nitrogens with zero attached hydrogens (tertiary/aromatic N) is 3. The molecule has 3 heterocycles. The van der Waals surface area contributed by atoms with Gasteiger partial charge in [0.2, 0.25) is 17.7 Å². The zero-order chi connectivity index (χ0) is 22.4. The Balaban J connectivity index is 1.67. The van der Waals surface area contributed by atoms with E-state index in [0.717, 1.165) is 10.9 Å². The summed E-state index contributed by atoms with van der Waals surface area (Å²) in [7, 11) is 0. The Hall–Kier alpha value is -3.82. The lowest BCUT2D eigenvalue weighted by molar-refractivity contribution is -0.198. The molecule has 0 spiro atoms. The van der Waals surface area contributed by atoms with Crippen molar-refractivity contribution in [3.05, 3.63) is 52.4 Å². The fourth-order valence-electron chi connectivity index (χ4n) is 3.22. The molecule has 0 amide bonds. The number of alkyl halides is 2. The van der Waals surface area contributed by atoms with E-state index in [0.29, 0.717) is 0 Å². The van der Waals surface area contributed by atoms with Gasteiger partial charge in [-0.15, -0.1) is 6.42 Å². The molecule has 4 N–H and O–H groups in total. The van der Waals surface area contributed by atoms with Crippen molar-refractivity contribution in [3.8, 4) is 12.3 Å². The molecule has 0 unspecified atom stereocenters. The van der Waals surface area contributed by atoms with E-state index in [-0.39, 0.29) is 22.5 Å². The number of H-pyrrole nitrogens is 1. The zero-order valence-corrected chi connectivity index (χ0v) is 15.7. The number of hydrogen-bond acceptors (Lipinski definition) is 8. The number of hydrogen-bond donors (Lipinski definition) is 3. The summed E-state index contributed by atoms with van der Waals surface area (Å²) < 4.78 is 41.1. The lowest BCUT2D eigenvalue weighted by Gasteiger charge is -2.24. The van der Waals surface area contributed by atoms with E-state index in [9.17, 15) is 14.7 Å². The van der Waals surface area contributed by atoms with Crippen LogP contribution in [0.1, 0.15) is 16.6 Å². The van der Waals surface area contributed by atoms with Crippen LogP contribution in [0.25, 0.3) is 11.0 Å². The van der Waals surface area contributed by atoms with Crippen LogP contribution in [0.15, 0.2) is 41.3 Å². The number of carbonyl (C=O) groups excluding carboxylic acids is 1. The minimum atomic E-state index is -3.32. The van der Waals surface area contributed by atoms with Gasteiger partial charge < -0.3 is 20.3 Å². The van der Waals surface area contributed by atoms with E-state index in [4.69, 9.17) is 21.6 Å². The van der Waals surface area contributed by atoms with E-state index in [1.165, 1.54) is 12.1 Å². The fourth-order valence-corrected chi connectivity index (χ4v) is 3.22. The van der Waals surface area contributed by atoms with Gasteiger partial charge in [0, 0.05) is 0 Å². The summed E-state index contributed by atoms with van der Waals surface area (Å²) in [5, 5.41) is 14.4. The lowest BCUT2D eigenvalue weighted by atomic mass is 9.95. The summed E-state index contributed by atoms with van der Waals surface area (Å²) >= 11 is 0. The molecule has 12 heteroatoms. The van der Waals surface area contributed by atoms with Crippen LogP contribution in [0.4, 0.5) is 14.7 Å². The molecule has 0 saturated carbocycles. The Bertz CT molecular complexity index is 1260. The number of nitrogens with one attached hydrogen (secondary N) is 1. The largest absolute Gasteiger partial charge is 0.456 e. The summed E-state index contributed by atoms with van der Waals surface area (Å²) in [6.07, 6.45) is 1.54. The SMILES string of the molecule is C#C[C@]1(O)[C@H](n2ncc3c(=O)[nH]c(N)nc32)O[C@](F)(COC(=O)c2ccccc2)[C@H]1F. The molecule has 31 heavy (non-hydrogen) atoms. The summed E-state index contributed by atoms with van der Waals surface area (Å²) in [6.45, 7) is -1.21. The molecule has 4 atom stereocenters. The number of nitrogen functional groups attached to an aromatic ring is 1. The number of esters is 1. The molecule has 2 aromatic heterocycles. The Labute approximate surface area is 172 Å². The second-order valence-electron chi connectivity index (χ2n) is 6.81. The van der Waals surface area contributed by atoms with Gasteiger partial charge in [-0.25, -0.2) is 18.3 Å². The first-order valence-electron chi connectivity index (χ1n) is 8.86. The van der Waals surface area contributed by atoms with E-state index >= 15 is 8.78 Å². The number of benzene rings is 1. The van der Waals surface area contributed by atoms with Crippen LogP contribution in [0.5, 0.6) is 0 Å². The first kappa shape index (κ1) is 20.5. The van der Waals surface area contributed by atoms with Crippen molar-refractivity contribution in [1.82, 2.24) is 19.7 Å². The summed E-state index contributed by atoms with van der Waals surface area (Å²) in [5.41, 5.74) is 1.85. The first-order valence-corrected chi connectivity index (χ1v) is 8.86. The third-order valence-electron chi connectivity index (χ3n) is 4.79. The van der Waals surface area contributed by atoms with Gasteiger partial charge in [-0.3, -0.25) is 9.78 Å². The maximum atomic E-state index is 15.4. The average Bonchev–Trinajstić information content (AvgIpc) is 3.26. The topological polar surface area (TPSA) is 145 Å². The van der Waals surface area contributed by atoms with Crippen LogP contribution in [-0.4, -0.2) is 55.1 Å². The Kier molecular flexibility index (Phi) is 4.72. The van der Waals surface area contributed by atoms with Crippen LogP contribution < -0.4 is 11.3 Å². The zero-order valence-electron chi connectivity index (χ0n) is 15.7. The summed E-state index contributed by atoms with van der Waals surface area (Å²) in [6, 6.07) is 7.60. The van der Waals surface area contributed by atoms with Crippen molar-refractivity contribution < 1.29 is 28.2 Å². The molecule has 1 fully saturated rings. The number of rotatable bonds is 4. The molecule has 0 radical (unpaired) electrons. The normalized spacial score (nSPS) is 27.8. The van der Waals surface area contributed by atoms with Crippen LogP contribution in [-0.2, 0) is 9.47 Å². The molecule has 0 bridgehead atoms. The molecule has 1 aliphatic rings. The van der Waals surface area contributed by atoms with Crippen molar-refractivity contribution in [2.75, 3.05) is 12.3 Å². The van der Waals surface area contributed by atoms with E-state index in [2.05, 4.69) is 15.1 Å². The van der Waals surface area contributed by atoms with Gasteiger partial charge in [0.1, 0.15) is 5.39 Å². The molecule has 1 saturated heterocycles. The number of anilines is 1. The molecule has 1 aliphatic heterocycles. The average molecular weight is 431 g/mol. The summed E-state index contributed by atoms with van der Waals surface area (Å²) in [5.74, 6) is -2.79. The number of fused-ring (bicyclic) bond motifs is 1. The Morgan fingerprint density at radius 2 is 2.16 bits per heavy atom. The molecule has 160 valence electrons. The summed E-state index contributed by atoms with van der Waals surface area (Å²) in [4.78, 5) is 30.2. The molecule has 10 nitrogen and oxygen atoms in total. The van der Waals surface area contributed by atoms with Crippen LogP contribution in [0, 0.1) is 12.3 Å². The third-order valence-corrected chi connectivity index (χ3v) is 4.79. The number of aromatic amines is 1. The number of carbonyl (C=O) groups is 1. The molecule has 3 aromatic rings. The van der Waals surface area contributed by atoms with Crippen molar-refractivity contribution in [1.29, 1.82) is 0 Å². The molecule has 1 aromatic carbocycles. The molecule has 0 aliphatic carbocycles. The number of terminal acetylenes is 1. The van der Waals surface area contributed by atoms with Gasteiger partial charge in [0.05, 0.1) is 11.8 Å². The minimum Gasteiger partial charge on any atom is -0.456 e. The highest BCUT2D eigenvalue weighted by atomic mass is 19.2. The first-order chi connectivity index (χ1) is 14.7. The van der Waals surface area contributed by atoms with E-state index < -0.39 is 42.0 Å². The molecule has 4 rings (SSSR count). The Morgan fingerprint density at radius 1 is 1.45 bits per heavy atom. The Morgan fingerprint density at radius 3 is 2.84 bits per heavy atom. The minimum absolute atomic E-state index is 0.0838. The number of nitrogens with two attached hydrogens (primary N) is 1. The number of aromatic nitrogens is 4.